The number of nitrogens with one attached hydrogen (secondary N) is 1. The SMILES string of the molecule is CC(C)(C)CC(=O)Nc1ccc(Br)c(N)c1. The van der Waals surface area contributed by atoms with Crippen molar-refractivity contribution in [3.8, 4) is 0 Å². The third-order valence-electron chi connectivity index (χ3n) is 1.97. The second-order valence-electron chi connectivity index (χ2n) is 5.02. The molecule has 16 heavy (non-hydrogen) atoms. The van der Waals surface area contributed by atoms with Gasteiger partial charge < -0.3 is 11.1 Å². The number of nitrogen functional groups attached to an aromatic ring is 1. The van der Waals surface area contributed by atoms with Crippen LogP contribution in [0.2, 0.25) is 0 Å². The van der Waals surface area contributed by atoms with Crippen molar-refractivity contribution in [2.45, 2.75) is 27.2 Å². The van der Waals surface area contributed by atoms with Crippen LogP contribution in [-0.4, -0.2) is 5.91 Å². The van der Waals surface area contributed by atoms with Crippen molar-refractivity contribution in [2.24, 2.45) is 5.41 Å². The Balaban J connectivity index is 2.67. The first-order valence-electron chi connectivity index (χ1n) is 5.13. The molecule has 0 unspecified atom stereocenters. The van der Waals surface area contributed by atoms with Crippen LogP contribution in [0.15, 0.2) is 22.7 Å². The van der Waals surface area contributed by atoms with Crippen LogP contribution in [0.25, 0.3) is 0 Å². The second kappa shape index (κ2) is 4.87. The predicted octanol–water partition coefficient (Wildman–Crippen LogP) is 3.41. The zero-order valence-corrected chi connectivity index (χ0v) is 11.4. The summed E-state index contributed by atoms with van der Waals surface area (Å²) < 4.78 is 0.835. The van der Waals surface area contributed by atoms with E-state index >= 15 is 0 Å². The third kappa shape index (κ3) is 4.23. The van der Waals surface area contributed by atoms with E-state index in [4.69, 9.17) is 5.73 Å². The molecule has 0 aliphatic heterocycles. The second-order valence-corrected chi connectivity index (χ2v) is 5.88. The summed E-state index contributed by atoms with van der Waals surface area (Å²) in [6.07, 6.45) is 0.489. The van der Waals surface area contributed by atoms with Gasteiger partial charge in [0, 0.05) is 22.3 Å². The highest BCUT2D eigenvalue weighted by atomic mass is 79.9. The number of amides is 1. The van der Waals surface area contributed by atoms with Gasteiger partial charge in [0.05, 0.1) is 0 Å². The maximum atomic E-state index is 11.7. The molecule has 4 heteroatoms. The molecule has 1 aromatic rings. The Labute approximate surface area is 105 Å². The number of carbonyl (C=O) groups is 1. The molecule has 0 fully saturated rings. The van der Waals surface area contributed by atoms with Crippen LogP contribution in [0, 0.1) is 5.41 Å². The Hall–Kier alpha value is -1.03. The number of hydrogen-bond acceptors (Lipinski definition) is 2. The Morgan fingerprint density at radius 2 is 2.06 bits per heavy atom. The normalized spacial score (nSPS) is 11.2. The van der Waals surface area contributed by atoms with E-state index in [1.165, 1.54) is 0 Å². The monoisotopic (exact) mass is 284 g/mol. The summed E-state index contributed by atoms with van der Waals surface area (Å²) in [5.74, 6) is 0.00854. The molecule has 0 heterocycles. The molecule has 3 nitrogen and oxygen atoms in total. The van der Waals surface area contributed by atoms with Gasteiger partial charge in [-0.25, -0.2) is 0 Å². The van der Waals surface area contributed by atoms with Gasteiger partial charge in [0.15, 0.2) is 0 Å². The Morgan fingerprint density at radius 3 is 2.56 bits per heavy atom. The van der Waals surface area contributed by atoms with Gasteiger partial charge in [0.25, 0.3) is 0 Å². The molecule has 1 amide bonds. The lowest BCUT2D eigenvalue weighted by Crippen LogP contribution is -2.19. The molecule has 0 aliphatic rings. The summed E-state index contributed by atoms with van der Waals surface area (Å²) >= 11 is 3.31. The van der Waals surface area contributed by atoms with Crippen LogP contribution in [0.4, 0.5) is 11.4 Å². The average Bonchev–Trinajstić information content (AvgIpc) is 2.08. The number of hydrogen-bond donors (Lipinski definition) is 2. The number of nitrogens with two attached hydrogens (primary N) is 1. The van der Waals surface area contributed by atoms with Gasteiger partial charge in [-0.05, 0) is 39.5 Å². The lowest BCUT2D eigenvalue weighted by molar-refractivity contribution is -0.117. The van der Waals surface area contributed by atoms with Gasteiger partial charge >= 0.3 is 0 Å². The lowest BCUT2D eigenvalue weighted by atomic mass is 9.92. The summed E-state index contributed by atoms with van der Waals surface area (Å²) in [6, 6.07) is 5.38. The Morgan fingerprint density at radius 1 is 1.44 bits per heavy atom. The molecule has 1 rings (SSSR count). The van der Waals surface area contributed by atoms with Gasteiger partial charge in [-0.15, -0.1) is 0 Å². The molecule has 0 atom stereocenters. The van der Waals surface area contributed by atoms with Crippen molar-refractivity contribution < 1.29 is 4.79 Å². The molecule has 3 N–H and O–H groups in total. The Kier molecular flexibility index (Phi) is 3.97. The maximum absolute atomic E-state index is 11.7. The highest BCUT2D eigenvalue weighted by molar-refractivity contribution is 9.10. The summed E-state index contributed by atoms with van der Waals surface area (Å²) in [5.41, 5.74) is 7.07. The van der Waals surface area contributed by atoms with E-state index in [1.807, 2.05) is 32.9 Å². The number of halogens is 1. The molecular weight excluding hydrogens is 268 g/mol. The van der Waals surface area contributed by atoms with Gasteiger partial charge in [0.2, 0.25) is 5.91 Å². The molecule has 88 valence electrons. The zero-order chi connectivity index (χ0) is 12.3. The molecule has 0 bridgehead atoms. The lowest BCUT2D eigenvalue weighted by Gasteiger charge is -2.17. The minimum atomic E-state index is -0.00894. The fraction of sp³-hybridized carbons (Fsp3) is 0.417. The topological polar surface area (TPSA) is 55.1 Å². The van der Waals surface area contributed by atoms with Gasteiger partial charge in [-0.2, -0.15) is 0 Å². The van der Waals surface area contributed by atoms with E-state index in [9.17, 15) is 4.79 Å². The van der Waals surface area contributed by atoms with Crippen molar-refractivity contribution >= 4 is 33.2 Å². The third-order valence-corrected chi connectivity index (χ3v) is 2.69. The van der Waals surface area contributed by atoms with Gasteiger partial charge in [-0.3, -0.25) is 4.79 Å². The molecule has 0 saturated heterocycles. The van der Waals surface area contributed by atoms with Crippen LogP contribution in [0.3, 0.4) is 0 Å². The first-order valence-corrected chi connectivity index (χ1v) is 5.92. The van der Waals surface area contributed by atoms with E-state index in [0.717, 1.165) is 10.2 Å². The van der Waals surface area contributed by atoms with Crippen LogP contribution in [0.1, 0.15) is 27.2 Å². The molecule has 0 aromatic heterocycles. The minimum absolute atomic E-state index is 0.00854. The molecule has 0 spiro atoms. The van der Waals surface area contributed by atoms with E-state index < -0.39 is 0 Å². The summed E-state index contributed by atoms with van der Waals surface area (Å²) in [6.45, 7) is 6.09. The standard InChI is InChI=1S/C12H17BrN2O/c1-12(2,3)7-11(16)15-8-4-5-9(13)10(14)6-8/h4-6H,7,14H2,1-3H3,(H,15,16). The van der Waals surface area contributed by atoms with Crippen molar-refractivity contribution in [2.75, 3.05) is 11.1 Å². The molecule has 0 saturated carbocycles. The van der Waals surface area contributed by atoms with E-state index in [-0.39, 0.29) is 11.3 Å². The molecule has 0 aliphatic carbocycles. The predicted molar refractivity (Wildman–Crippen MR) is 71.3 cm³/mol. The molecule has 0 radical (unpaired) electrons. The number of benzene rings is 1. The largest absolute Gasteiger partial charge is 0.398 e. The van der Waals surface area contributed by atoms with Crippen LogP contribution in [-0.2, 0) is 4.79 Å². The quantitative estimate of drug-likeness (QED) is 0.818. The number of anilines is 2. The van der Waals surface area contributed by atoms with Crippen LogP contribution in [0.5, 0.6) is 0 Å². The maximum Gasteiger partial charge on any atom is 0.224 e. The molecule has 1 aromatic carbocycles. The van der Waals surface area contributed by atoms with E-state index in [1.54, 1.807) is 6.07 Å². The molecular formula is C12H17BrN2O. The van der Waals surface area contributed by atoms with E-state index in [2.05, 4.69) is 21.2 Å². The summed E-state index contributed by atoms with van der Waals surface area (Å²) in [7, 11) is 0. The van der Waals surface area contributed by atoms with Crippen molar-refractivity contribution in [1.82, 2.24) is 0 Å². The number of rotatable bonds is 2. The minimum Gasteiger partial charge on any atom is -0.398 e. The van der Waals surface area contributed by atoms with Gasteiger partial charge in [0.1, 0.15) is 0 Å². The van der Waals surface area contributed by atoms with Gasteiger partial charge in [-0.1, -0.05) is 20.8 Å². The van der Waals surface area contributed by atoms with Crippen LogP contribution < -0.4 is 11.1 Å². The Bertz CT molecular complexity index is 396. The average molecular weight is 285 g/mol. The number of carbonyl (C=O) groups excluding carboxylic acids is 1. The summed E-state index contributed by atoms with van der Waals surface area (Å²) in [5, 5.41) is 2.83. The van der Waals surface area contributed by atoms with Crippen molar-refractivity contribution in [1.29, 1.82) is 0 Å². The highest BCUT2D eigenvalue weighted by Crippen LogP contribution is 2.24. The van der Waals surface area contributed by atoms with Crippen molar-refractivity contribution in [3.63, 3.8) is 0 Å². The zero-order valence-electron chi connectivity index (χ0n) is 9.80. The summed E-state index contributed by atoms with van der Waals surface area (Å²) in [4.78, 5) is 11.7. The van der Waals surface area contributed by atoms with Crippen molar-refractivity contribution in [3.05, 3.63) is 22.7 Å². The smallest absolute Gasteiger partial charge is 0.224 e. The first kappa shape index (κ1) is 13.0. The fourth-order valence-electron chi connectivity index (χ4n) is 1.31. The van der Waals surface area contributed by atoms with Crippen LogP contribution >= 0.6 is 15.9 Å². The van der Waals surface area contributed by atoms with E-state index in [0.29, 0.717) is 12.1 Å². The fourth-order valence-corrected chi connectivity index (χ4v) is 1.55. The first-order chi connectivity index (χ1) is 7.28. The highest BCUT2D eigenvalue weighted by Gasteiger charge is 2.15.